The molecular formula is C16H16N2O3. The van der Waals surface area contributed by atoms with Crippen molar-refractivity contribution in [3.05, 3.63) is 46.9 Å². The zero-order valence-corrected chi connectivity index (χ0v) is 11.8. The SMILES string of the molecule is Cc1cccc(C(=O)O)c1Oc1ncnc2c1CCCC2. The molecule has 1 aliphatic rings. The first-order valence-corrected chi connectivity index (χ1v) is 7.00. The van der Waals surface area contributed by atoms with Crippen LogP contribution >= 0.6 is 0 Å². The Morgan fingerprint density at radius 2 is 2.05 bits per heavy atom. The van der Waals surface area contributed by atoms with Gasteiger partial charge in [0, 0.05) is 5.56 Å². The van der Waals surface area contributed by atoms with Crippen molar-refractivity contribution in [1.82, 2.24) is 9.97 Å². The maximum atomic E-state index is 11.3. The van der Waals surface area contributed by atoms with Crippen LogP contribution in [-0.2, 0) is 12.8 Å². The number of aromatic carboxylic acids is 1. The minimum atomic E-state index is -1.00. The van der Waals surface area contributed by atoms with Gasteiger partial charge >= 0.3 is 5.97 Å². The van der Waals surface area contributed by atoms with Crippen molar-refractivity contribution in [3.8, 4) is 11.6 Å². The van der Waals surface area contributed by atoms with E-state index in [0.717, 1.165) is 42.5 Å². The highest BCUT2D eigenvalue weighted by Gasteiger charge is 2.20. The number of aromatic nitrogens is 2. The van der Waals surface area contributed by atoms with E-state index in [4.69, 9.17) is 4.74 Å². The molecule has 0 amide bonds. The number of carbonyl (C=O) groups is 1. The number of aryl methyl sites for hydroxylation is 2. The normalized spacial score (nSPS) is 13.6. The van der Waals surface area contributed by atoms with Gasteiger partial charge in [-0.3, -0.25) is 0 Å². The molecule has 0 spiro atoms. The molecule has 2 aromatic rings. The van der Waals surface area contributed by atoms with Gasteiger partial charge in [-0.2, -0.15) is 0 Å². The van der Waals surface area contributed by atoms with Gasteiger partial charge in [-0.05, 0) is 44.2 Å². The number of hydrogen-bond donors (Lipinski definition) is 1. The number of ether oxygens (including phenoxy) is 1. The molecule has 3 rings (SSSR count). The Kier molecular flexibility index (Phi) is 3.56. The van der Waals surface area contributed by atoms with Crippen LogP contribution in [-0.4, -0.2) is 21.0 Å². The Labute approximate surface area is 122 Å². The highest BCUT2D eigenvalue weighted by Crippen LogP contribution is 2.33. The van der Waals surface area contributed by atoms with Crippen LogP contribution in [0.2, 0.25) is 0 Å². The average Bonchev–Trinajstić information content (AvgIpc) is 2.49. The predicted octanol–water partition coefficient (Wildman–Crippen LogP) is 3.15. The summed E-state index contributed by atoms with van der Waals surface area (Å²) in [6, 6.07) is 5.08. The van der Waals surface area contributed by atoms with Crippen molar-refractivity contribution >= 4 is 5.97 Å². The van der Waals surface area contributed by atoms with Gasteiger partial charge < -0.3 is 9.84 Å². The van der Waals surface area contributed by atoms with Crippen molar-refractivity contribution < 1.29 is 14.6 Å². The number of nitrogens with zero attached hydrogens (tertiary/aromatic N) is 2. The van der Waals surface area contributed by atoms with Crippen LogP contribution in [0.4, 0.5) is 0 Å². The van der Waals surface area contributed by atoms with E-state index < -0.39 is 5.97 Å². The summed E-state index contributed by atoms with van der Waals surface area (Å²) in [6.07, 6.45) is 5.48. The van der Waals surface area contributed by atoms with Crippen molar-refractivity contribution in [3.63, 3.8) is 0 Å². The number of carboxylic acids is 1. The molecule has 108 valence electrons. The van der Waals surface area contributed by atoms with Gasteiger partial charge in [0.05, 0.1) is 5.69 Å². The summed E-state index contributed by atoms with van der Waals surface area (Å²) in [5, 5.41) is 9.29. The fourth-order valence-corrected chi connectivity index (χ4v) is 2.63. The van der Waals surface area contributed by atoms with E-state index in [2.05, 4.69) is 9.97 Å². The first-order chi connectivity index (χ1) is 10.2. The van der Waals surface area contributed by atoms with E-state index in [1.54, 1.807) is 6.07 Å². The van der Waals surface area contributed by atoms with E-state index >= 15 is 0 Å². The van der Waals surface area contributed by atoms with Crippen LogP contribution in [0.1, 0.15) is 40.0 Å². The van der Waals surface area contributed by atoms with Crippen molar-refractivity contribution in [2.75, 3.05) is 0 Å². The third-order valence-corrected chi connectivity index (χ3v) is 3.73. The van der Waals surface area contributed by atoms with Gasteiger partial charge in [0.1, 0.15) is 17.6 Å². The molecule has 1 aliphatic carbocycles. The first kappa shape index (κ1) is 13.5. The maximum absolute atomic E-state index is 11.3. The molecule has 0 fully saturated rings. The number of carboxylic acid groups (broad SMARTS) is 1. The second-order valence-corrected chi connectivity index (χ2v) is 5.17. The number of hydrogen-bond acceptors (Lipinski definition) is 4. The largest absolute Gasteiger partial charge is 0.478 e. The van der Waals surface area contributed by atoms with E-state index in [0.29, 0.717) is 11.6 Å². The van der Waals surface area contributed by atoms with Crippen LogP contribution in [0.3, 0.4) is 0 Å². The minimum Gasteiger partial charge on any atom is -0.478 e. The van der Waals surface area contributed by atoms with Crippen LogP contribution in [0.25, 0.3) is 0 Å². The predicted molar refractivity (Wildman–Crippen MR) is 76.9 cm³/mol. The van der Waals surface area contributed by atoms with Crippen molar-refractivity contribution in [2.24, 2.45) is 0 Å². The smallest absolute Gasteiger partial charge is 0.339 e. The second kappa shape index (κ2) is 5.52. The monoisotopic (exact) mass is 284 g/mol. The highest BCUT2D eigenvalue weighted by atomic mass is 16.5. The molecule has 0 aliphatic heterocycles. The standard InChI is InChI=1S/C16H16N2O3/c1-10-5-4-7-12(16(19)20)14(10)21-15-11-6-2-3-8-13(11)17-9-18-15/h4-5,7,9H,2-3,6,8H2,1H3,(H,19,20). The van der Waals surface area contributed by atoms with Gasteiger partial charge in [0.25, 0.3) is 0 Å². The topological polar surface area (TPSA) is 72.3 Å². The Morgan fingerprint density at radius 1 is 1.24 bits per heavy atom. The molecule has 1 heterocycles. The third kappa shape index (κ3) is 2.59. The van der Waals surface area contributed by atoms with Crippen LogP contribution in [0.15, 0.2) is 24.5 Å². The third-order valence-electron chi connectivity index (χ3n) is 3.73. The zero-order valence-electron chi connectivity index (χ0n) is 11.8. The number of rotatable bonds is 3. The lowest BCUT2D eigenvalue weighted by Gasteiger charge is -2.18. The van der Waals surface area contributed by atoms with Crippen LogP contribution in [0.5, 0.6) is 11.6 Å². The lowest BCUT2D eigenvalue weighted by molar-refractivity contribution is 0.0694. The Hall–Kier alpha value is -2.43. The molecule has 0 saturated carbocycles. The van der Waals surface area contributed by atoms with E-state index in [9.17, 15) is 9.90 Å². The molecule has 5 nitrogen and oxygen atoms in total. The number of benzene rings is 1. The molecule has 0 bridgehead atoms. The summed E-state index contributed by atoms with van der Waals surface area (Å²) >= 11 is 0. The molecule has 0 unspecified atom stereocenters. The van der Waals surface area contributed by atoms with E-state index in [1.807, 2.05) is 13.0 Å². The van der Waals surface area contributed by atoms with Gasteiger partial charge in [-0.15, -0.1) is 0 Å². The summed E-state index contributed by atoms with van der Waals surface area (Å²) in [5.74, 6) is -0.162. The fraction of sp³-hybridized carbons (Fsp3) is 0.312. The van der Waals surface area contributed by atoms with Crippen LogP contribution in [0, 0.1) is 6.92 Å². The Morgan fingerprint density at radius 3 is 2.86 bits per heavy atom. The average molecular weight is 284 g/mol. The lowest BCUT2D eigenvalue weighted by atomic mass is 9.97. The number of fused-ring (bicyclic) bond motifs is 1. The lowest BCUT2D eigenvalue weighted by Crippen LogP contribution is -2.09. The van der Waals surface area contributed by atoms with Crippen molar-refractivity contribution in [2.45, 2.75) is 32.6 Å². The maximum Gasteiger partial charge on any atom is 0.339 e. The zero-order chi connectivity index (χ0) is 14.8. The minimum absolute atomic E-state index is 0.151. The summed E-state index contributed by atoms with van der Waals surface area (Å²) in [5.41, 5.74) is 2.94. The van der Waals surface area contributed by atoms with E-state index in [1.165, 1.54) is 12.4 Å². The molecule has 0 atom stereocenters. The van der Waals surface area contributed by atoms with Crippen molar-refractivity contribution in [1.29, 1.82) is 0 Å². The van der Waals surface area contributed by atoms with Gasteiger partial charge in [0.2, 0.25) is 5.88 Å². The Balaban J connectivity index is 2.04. The first-order valence-electron chi connectivity index (χ1n) is 7.00. The summed E-state index contributed by atoms with van der Waals surface area (Å²) < 4.78 is 5.87. The fourth-order valence-electron chi connectivity index (χ4n) is 2.63. The summed E-state index contributed by atoms with van der Waals surface area (Å²) in [6.45, 7) is 1.83. The van der Waals surface area contributed by atoms with Crippen LogP contribution < -0.4 is 4.74 Å². The van der Waals surface area contributed by atoms with Gasteiger partial charge in [-0.1, -0.05) is 12.1 Å². The second-order valence-electron chi connectivity index (χ2n) is 5.17. The highest BCUT2D eigenvalue weighted by molar-refractivity contribution is 5.91. The molecule has 0 radical (unpaired) electrons. The molecule has 1 aromatic heterocycles. The Bertz CT molecular complexity index is 698. The molecule has 1 aromatic carbocycles. The van der Waals surface area contributed by atoms with Gasteiger partial charge in [-0.25, -0.2) is 14.8 Å². The van der Waals surface area contributed by atoms with E-state index in [-0.39, 0.29) is 5.56 Å². The number of para-hydroxylation sites is 1. The molecule has 0 saturated heterocycles. The molecule has 5 heteroatoms. The van der Waals surface area contributed by atoms with Gasteiger partial charge in [0.15, 0.2) is 0 Å². The molecule has 21 heavy (non-hydrogen) atoms. The quantitative estimate of drug-likeness (QED) is 0.937. The molecular weight excluding hydrogens is 268 g/mol. The summed E-state index contributed by atoms with van der Waals surface area (Å²) in [4.78, 5) is 19.8. The molecule has 1 N–H and O–H groups in total. The summed E-state index contributed by atoms with van der Waals surface area (Å²) in [7, 11) is 0.